The Labute approximate surface area is 353 Å². The molecule has 0 unspecified atom stereocenters. The molecular formula is C54H36IN4-. The Balaban J connectivity index is 1.07. The second-order valence-corrected chi connectivity index (χ2v) is 18.8. The zero-order valence-corrected chi connectivity index (χ0v) is 34.6. The van der Waals surface area contributed by atoms with Crippen LogP contribution in [0, 0.1) is 7.14 Å². The maximum absolute atomic E-state index is 5.25. The number of nitrogens with zero attached hydrogens (tertiary/aromatic N) is 4. The van der Waals surface area contributed by atoms with Crippen molar-refractivity contribution in [1.29, 1.82) is 0 Å². The van der Waals surface area contributed by atoms with Crippen LogP contribution in [-0.2, 0) is 5.41 Å². The van der Waals surface area contributed by atoms with Crippen molar-refractivity contribution < 1.29 is 21.2 Å². The van der Waals surface area contributed by atoms with Gasteiger partial charge >= 0.3 is 306 Å². The predicted molar refractivity (Wildman–Crippen MR) is 236 cm³/mol. The summed E-state index contributed by atoms with van der Waals surface area (Å²) in [5, 5.41) is 2.53. The molecule has 5 heteroatoms. The molecule has 2 aromatic heterocycles. The number of benzene rings is 8. The first-order valence-electron chi connectivity index (χ1n) is 20.1. The molecule has 2 aliphatic rings. The molecule has 4 nitrogen and oxygen atoms in total. The van der Waals surface area contributed by atoms with Gasteiger partial charge in [-0.25, -0.2) is 0 Å². The Morgan fingerprint density at radius 1 is 0.407 bits per heavy atom. The summed E-state index contributed by atoms with van der Waals surface area (Å²) in [6.07, 6.45) is 0. The van der Waals surface area contributed by atoms with E-state index in [9.17, 15) is 0 Å². The Morgan fingerprint density at radius 2 is 1.03 bits per heavy atom. The van der Waals surface area contributed by atoms with Gasteiger partial charge in [-0.1, -0.05) is 38.1 Å². The fourth-order valence-electron chi connectivity index (χ4n) is 9.31. The molecule has 0 spiro atoms. The molecule has 1 aliphatic heterocycles. The van der Waals surface area contributed by atoms with Crippen LogP contribution in [0.4, 0.5) is 0 Å². The summed E-state index contributed by atoms with van der Waals surface area (Å²) in [5.74, 6) is 2.06. The summed E-state index contributed by atoms with van der Waals surface area (Å²) in [4.78, 5) is 15.5. The molecule has 0 saturated carbocycles. The first-order chi connectivity index (χ1) is 29.0. The molecule has 1 aliphatic carbocycles. The number of aromatic nitrogens is 4. The third-order valence-corrected chi connectivity index (χ3v) is 15.4. The van der Waals surface area contributed by atoms with Crippen molar-refractivity contribution in [2.24, 2.45) is 0 Å². The zero-order chi connectivity index (χ0) is 39.2. The van der Waals surface area contributed by atoms with Crippen LogP contribution >= 0.6 is 0 Å². The van der Waals surface area contributed by atoms with Gasteiger partial charge in [-0.3, -0.25) is 0 Å². The van der Waals surface area contributed by atoms with E-state index in [1.807, 2.05) is 36.4 Å². The van der Waals surface area contributed by atoms with E-state index in [1.165, 1.54) is 62.3 Å². The molecule has 280 valence electrons. The summed E-state index contributed by atoms with van der Waals surface area (Å²) >= 11 is -0.468. The van der Waals surface area contributed by atoms with Crippen LogP contribution < -0.4 is 21.2 Å². The first kappa shape index (κ1) is 34.4. The molecule has 3 heterocycles. The van der Waals surface area contributed by atoms with Crippen LogP contribution in [0.5, 0.6) is 0 Å². The summed E-state index contributed by atoms with van der Waals surface area (Å²) in [6.45, 7) is 4.72. The van der Waals surface area contributed by atoms with Gasteiger partial charge in [0.1, 0.15) is 0 Å². The van der Waals surface area contributed by atoms with E-state index >= 15 is 0 Å². The normalized spacial score (nSPS) is 13.5. The summed E-state index contributed by atoms with van der Waals surface area (Å²) < 4.78 is 5.25. The number of fused-ring (bicyclic) bond motifs is 9. The topological polar surface area (TPSA) is 43.6 Å². The monoisotopic (exact) mass is 867 g/mol. The van der Waals surface area contributed by atoms with Gasteiger partial charge in [0.15, 0.2) is 0 Å². The van der Waals surface area contributed by atoms with E-state index in [2.05, 4.69) is 164 Å². The van der Waals surface area contributed by atoms with Crippen LogP contribution in [0.15, 0.2) is 182 Å². The fraction of sp³-hybridized carbons (Fsp3) is 0.0556. The number of para-hydroxylation sites is 1. The van der Waals surface area contributed by atoms with Crippen LogP contribution in [0.1, 0.15) is 25.0 Å². The van der Waals surface area contributed by atoms with Gasteiger partial charge in [0, 0.05) is 0 Å². The quantitative estimate of drug-likeness (QED) is 0.162. The Morgan fingerprint density at radius 3 is 1.81 bits per heavy atom. The summed E-state index contributed by atoms with van der Waals surface area (Å²) in [6, 6.07) is 65.9. The van der Waals surface area contributed by atoms with Crippen molar-refractivity contribution in [3.63, 3.8) is 0 Å². The first-order valence-corrected chi connectivity index (χ1v) is 22.2. The van der Waals surface area contributed by atoms with Crippen LogP contribution in [0.2, 0.25) is 0 Å². The molecule has 0 amide bonds. The molecule has 10 aromatic rings. The molecule has 59 heavy (non-hydrogen) atoms. The number of hydrogen-bond donors (Lipinski definition) is 0. The summed E-state index contributed by atoms with van der Waals surface area (Å²) in [7, 11) is 0. The van der Waals surface area contributed by atoms with Crippen molar-refractivity contribution in [2.45, 2.75) is 19.3 Å². The van der Waals surface area contributed by atoms with Gasteiger partial charge < -0.3 is 0 Å². The Kier molecular flexibility index (Phi) is 7.66. The van der Waals surface area contributed by atoms with Gasteiger partial charge in [-0.2, -0.15) is 0 Å². The third-order valence-electron chi connectivity index (χ3n) is 12.2. The van der Waals surface area contributed by atoms with Crippen LogP contribution in [-0.4, -0.2) is 19.5 Å². The second kappa shape index (κ2) is 13.2. The Bertz CT molecular complexity index is 3270. The van der Waals surface area contributed by atoms with E-state index in [-0.39, 0.29) is 5.41 Å². The molecule has 0 fully saturated rings. The minimum atomic E-state index is -0.468. The maximum atomic E-state index is 5.25. The van der Waals surface area contributed by atoms with Gasteiger partial charge in [0.05, 0.1) is 0 Å². The molecule has 0 atom stereocenters. The molecule has 0 bridgehead atoms. The van der Waals surface area contributed by atoms with E-state index in [4.69, 9.17) is 15.0 Å². The molecular weight excluding hydrogens is 832 g/mol. The van der Waals surface area contributed by atoms with Gasteiger partial charge in [0.2, 0.25) is 0 Å². The molecule has 0 saturated heterocycles. The van der Waals surface area contributed by atoms with Crippen molar-refractivity contribution in [2.75, 3.05) is 0 Å². The number of halogens is 1. The van der Waals surface area contributed by atoms with E-state index < -0.39 is 21.2 Å². The van der Waals surface area contributed by atoms with Crippen molar-refractivity contribution in [1.82, 2.24) is 19.5 Å². The van der Waals surface area contributed by atoms with Gasteiger partial charge in [-0.05, 0) is 11.1 Å². The molecule has 12 rings (SSSR count). The average Bonchev–Trinajstić information content (AvgIpc) is 3.91. The molecule has 0 radical (unpaired) electrons. The molecule has 0 N–H and O–H groups in total. The number of hydrogen-bond acceptors (Lipinski definition) is 3. The standard InChI is InChI=1S/C54H36IN4/c1-54(2)45-25-12-9-22-38(45)41-31-42-40-24-11-14-27-48(40)59(49(42)32-46(41)54)37-21-15-20-35(28-37)36-29-43-39-23-10-13-26-47(39)55-50(43)44(30-36)53-57-51(33-16-5-3-6-17-33)56-52(58-53)34-18-7-4-8-19-34/h3-32H,1-2H3/q-1. The SMILES string of the molecule is CC1(C)c2ccccc2-c2cc3c4ccccc4n(-c4cccc(-c5cc(-c6nc(-c7ccccc7)nc(-c7ccccc7)n6)c6c(c5)-c5ccccc5[I-]6)c4)c3cc21. The minimum absolute atomic E-state index is 0.0984. The van der Waals surface area contributed by atoms with E-state index in [1.54, 1.807) is 0 Å². The van der Waals surface area contributed by atoms with Crippen molar-refractivity contribution in [3.8, 4) is 73.2 Å². The summed E-state index contributed by atoms with van der Waals surface area (Å²) in [5.41, 5.74) is 16.8. The van der Waals surface area contributed by atoms with Gasteiger partial charge in [0.25, 0.3) is 0 Å². The molecule has 8 aromatic carbocycles. The van der Waals surface area contributed by atoms with Crippen LogP contribution in [0.25, 0.3) is 95.0 Å². The van der Waals surface area contributed by atoms with Crippen LogP contribution in [0.3, 0.4) is 0 Å². The fourth-order valence-corrected chi connectivity index (χ4v) is 12.5. The zero-order valence-electron chi connectivity index (χ0n) is 32.5. The second-order valence-electron chi connectivity index (χ2n) is 16.0. The van der Waals surface area contributed by atoms with Crippen molar-refractivity contribution >= 4 is 21.8 Å². The van der Waals surface area contributed by atoms with E-state index in [0.717, 1.165) is 33.5 Å². The predicted octanol–water partition coefficient (Wildman–Crippen LogP) is 10.1. The van der Waals surface area contributed by atoms with Crippen molar-refractivity contribution in [3.05, 3.63) is 200 Å². The van der Waals surface area contributed by atoms with E-state index in [0.29, 0.717) is 17.5 Å². The Hall–Kier alpha value is -6.70. The average molecular weight is 868 g/mol. The third kappa shape index (κ3) is 5.38. The van der Waals surface area contributed by atoms with Gasteiger partial charge in [-0.15, -0.1) is 0 Å². The number of rotatable bonds is 5.